The summed E-state index contributed by atoms with van der Waals surface area (Å²) in [7, 11) is -4.31. The highest BCUT2D eigenvalue weighted by molar-refractivity contribution is 7.89. The van der Waals surface area contributed by atoms with Crippen molar-refractivity contribution in [2.24, 2.45) is 0 Å². The lowest BCUT2D eigenvalue weighted by Crippen LogP contribution is -2.36. The van der Waals surface area contributed by atoms with Gasteiger partial charge >= 0.3 is 0 Å². The third-order valence-electron chi connectivity index (χ3n) is 5.72. The fourth-order valence-corrected chi connectivity index (χ4v) is 6.09. The van der Waals surface area contributed by atoms with E-state index in [1.807, 2.05) is 6.07 Å². The van der Waals surface area contributed by atoms with Gasteiger partial charge in [-0.15, -0.1) is 0 Å². The zero-order chi connectivity index (χ0) is 24.5. The Morgan fingerprint density at radius 1 is 0.853 bits per heavy atom. The molecule has 10 heteroatoms. The van der Waals surface area contributed by atoms with Crippen LogP contribution in [0.2, 0.25) is 0 Å². The van der Waals surface area contributed by atoms with Gasteiger partial charge in [0.2, 0.25) is 20.0 Å². The van der Waals surface area contributed by atoms with Crippen molar-refractivity contribution in [2.75, 3.05) is 26.0 Å². The number of anilines is 1. The summed E-state index contributed by atoms with van der Waals surface area (Å²) in [6.45, 7) is 0.603. The summed E-state index contributed by atoms with van der Waals surface area (Å²) in [5.74, 6) is -0.390. The second-order valence-corrected chi connectivity index (χ2v) is 12.2. The number of carbonyl (C=O) groups is 1. The monoisotopic (exact) mass is 499 g/mol. The molecule has 0 aromatic heterocycles. The standard InChI is InChI=1S/C24H25N3O5S2/c1-26(2)33(29,30)23-12-9-19(10-13-23)24(28)25-21-11-8-18-14-15-27(17-20(18)16-21)34(31,32)22-6-4-3-5-7-22/h3-13,16H,14-15,17H2,1-2H3,(H,25,28). The molecule has 0 spiro atoms. The Morgan fingerprint density at radius 3 is 2.18 bits per heavy atom. The SMILES string of the molecule is CN(C)S(=O)(=O)c1ccc(C(=O)Nc2ccc3c(c2)CN(S(=O)(=O)c2ccccc2)CC3)cc1. The first-order valence-electron chi connectivity index (χ1n) is 10.6. The van der Waals surface area contributed by atoms with E-state index in [0.717, 1.165) is 15.4 Å². The Labute approximate surface area is 199 Å². The maximum atomic E-state index is 13.0. The highest BCUT2D eigenvalue weighted by Gasteiger charge is 2.28. The maximum absolute atomic E-state index is 13.0. The molecule has 0 unspecified atom stereocenters. The molecule has 0 radical (unpaired) electrons. The minimum Gasteiger partial charge on any atom is -0.322 e. The Hall–Kier alpha value is -3.05. The van der Waals surface area contributed by atoms with Crippen LogP contribution in [-0.2, 0) is 33.0 Å². The van der Waals surface area contributed by atoms with Crippen molar-refractivity contribution < 1.29 is 21.6 Å². The molecule has 0 atom stereocenters. The van der Waals surface area contributed by atoms with Crippen LogP contribution < -0.4 is 5.32 Å². The number of benzene rings is 3. The number of nitrogens with zero attached hydrogens (tertiary/aromatic N) is 2. The van der Waals surface area contributed by atoms with Crippen molar-refractivity contribution in [3.63, 3.8) is 0 Å². The van der Waals surface area contributed by atoms with E-state index in [1.165, 1.54) is 42.7 Å². The molecule has 1 aliphatic heterocycles. The van der Waals surface area contributed by atoms with E-state index >= 15 is 0 Å². The molecule has 0 fully saturated rings. The van der Waals surface area contributed by atoms with Crippen LogP contribution >= 0.6 is 0 Å². The molecule has 34 heavy (non-hydrogen) atoms. The first-order chi connectivity index (χ1) is 16.1. The third kappa shape index (κ3) is 4.76. The molecule has 1 N–H and O–H groups in total. The molecule has 8 nitrogen and oxygen atoms in total. The van der Waals surface area contributed by atoms with Gasteiger partial charge < -0.3 is 5.32 Å². The molecule has 3 aromatic carbocycles. The van der Waals surface area contributed by atoms with Crippen molar-refractivity contribution in [1.82, 2.24) is 8.61 Å². The number of amides is 1. The lowest BCUT2D eigenvalue weighted by atomic mass is 10.0. The second kappa shape index (κ2) is 9.30. The van der Waals surface area contributed by atoms with Crippen LogP contribution in [0.5, 0.6) is 0 Å². The molecule has 1 aliphatic rings. The molecule has 0 saturated heterocycles. The van der Waals surface area contributed by atoms with Gasteiger partial charge in [-0.25, -0.2) is 21.1 Å². The molecular weight excluding hydrogens is 474 g/mol. The topological polar surface area (TPSA) is 104 Å². The lowest BCUT2D eigenvalue weighted by Gasteiger charge is -2.28. The van der Waals surface area contributed by atoms with E-state index in [2.05, 4.69) is 5.32 Å². The van der Waals surface area contributed by atoms with Crippen molar-refractivity contribution in [1.29, 1.82) is 0 Å². The van der Waals surface area contributed by atoms with Gasteiger partial charge in [-0.05, 0) is 66.1 Å². The number of nitrogens with one attached hydrogen (secondary N) is 1. The molecule has 1 amide bonds. The van der Waals surface area contributed by atoms with Gasteiger partial charge in [0.25, 0.3) is 5.91 Å². The summed E-state index contributed by atoms with van der Waals surface area (Å²) in [6.07, 6.45) is 0.581. The largest absolute Gasteiger partial charge is 0.322 e. The molecule has 0 saturated carbocycles. The molecular formula is C24H25N3O5S2. The van der Waals surface area contributed by atoms with Gasteiger partial charge in [0.05, 0.1) is 9.79 Å². The Balaban J connectivity index is 1.50. The number of hydrogen-bond acceptors (Lipinski definition) is 5. The van der Waals surface area contributed by atoms with Crippen LogP contribution in [0.3, 0.4) is 0 Å². The van der Waals surface area contributed by atoms with E-state index in [9.17, 15) is 21.6 Å². The summed E-state index contributed by atoms with van der Waals surface area (Å²) < 4.78 is 53.0. The predicted molar refractivity (Wildman–Crippen MR) is 129 cm³/mol. The molecule has 1 heterocycles. The van der Waals surface area contributed by atoms with Gasteiger partial charge in [-0.1, -0.05) is 24.3 Å². The summed E-state index contributed by atoms with van der Waals surface area (Å²) >= 11 is 0. The average molecular weight is 500 g/mol. The van der Waals surface area contributed by atoms with Crippen LogP contribution in [0.4, 0.5) is 5.69 Å². The van der Waals surface area contributed by atoms with Crippen LogP contribution in [0.25, 0.3) is 0 Å². The van der Waals surface area contributed by atoms with Gasteiger partial charge in [-0.2, -0.15) is 4.31 Å². The second-order valence-electron chi connectivity index (χ2n) is 8.15. The first kappa shape index (κ1) is 24.1. The molecule has 0 aliphatic carbocycles. The first-order valence-corrected chi connectivity index (χ1v) is 13.5. The average Bonchev–Trinajstić information content (AvgIpc) is 2.84. The van der Waals surface area contributed by atoms with Crippen LogP contribution in [-0.4, -0.2) is 52.0 Å². The smallest absolute Gasteiger partial charge is 0.255 e. The van der Waals surface area contributed by atoms with E-state index in [1.54, 1.807) is 42.5 Å². The quantitative estimate of drug-likeness (QED) is 0.562. The van der Waals surface area contributed by atoms with Crippen molar-refractivity contribution in [2.45, 2.75) is 22.8 Å². The lowest BCUT2D eigenvalue weighted by molar-refractivity contribution is 0.102. The van der Waals surface area contributed by atoms with E-state index in [4.69, 9.17) is 0 Å². The number of rotatable bonds is 6. The van der Waals surface area contributed by atoms with Gasteiger partial charge in [-0.3, -0.25) is 4.79 Å². The summed E-state index contributed by atoms with van der Waals surface area (Å²) in [4.78, 5) is 13.1. The van der Waals surface area contributed by atoms with Crippen molar-refractivity contribution in [3.8, 4) is 0 Å². The van der Waals surface area contributed by atoms with Crippen molar-refractivity contribution in [3.05, 3.63) is 89.5 Å². The minimum atomic E-state index is -3.61. The fourth-order valence-electron chi connectivity index (χ4n) is 3.75. The molecule has 0 bridgehead atoms. The Bertz CT molecular complexity index is 1420. The number of sulfonamides is 2. The Morgan fingerprint density at radius 2 is 1.53 bits per heavy atom. The summed E-state index contributed by atoms with van der Waals surface area (Å²) in [6, 6.07) is 19.5. The normalized spacial score (nSPS) is 14.6. The van der Waals surface area contributed by atoms with Gasteiger partial charge in [0.15, 0.2) is 0 Å². The molecule has 178 valence electrons. The maximum Gasteiger partial charge on any atom is 0.255 e. The summed E-state index contributed by atoms with van der Waals surface area (Å²) in [5.41, 5.74) is 2.71. The number of hydrogen-bond donors (Lipinski definition) is 1. The molecule has 3 aromatic rings. The van der Waals surface area contributed by atoms with E-state index in [0.29, 0.717) is 24.2 Å². The zero-order valence-electron chi connectivity index (χ0n) is 18.8. The number of fused-ring (bicyclic) bond motifs is 1. The fraction of sp³-hybridized carbons (Fsp3) is 0.208. The van der Waals surface area contributed by atoms with Crippen LogP contribution in [0, 0.1) is 0 Å². The van der Waals surface area contributed by atoms with Gasteiger partial charge in [0, 0.05) is 38.4 Å². The zero-order valence-corrected chi connectivity index (χ0v) is 20.4. The van der Waals surface area contributed by atoms with Crippen molar-refractivity contribution >= 4 is 31.6 Å². The minimum absolute atomic E-state index is 0.0996. The number of carbonyl (C=O) groups excluding carboxylic acids is 1. The summed E-state index contributed by atoms with van der Waals surface area (Å²) in [5, 5.41) is 2.81. The highest BCUT2D eigenvalue weighted by Crippen LogP contribution is 2.27. The predicted octanol–water partition coefficient (Wildman–Crippen LogP) is 2.94. The van der Waals surface area contributed by atoms with E-state index < -0.39 is 26.0 Å². The Kier molecular flexibility index (Phi) is 6.59. The molecule has 4 rings (SSSR count). The van der Waals surface area contributed by atoms with Crippen LogP contribution in [0.15, 0.2) is 82.6 Å². The third-order valence-corrected chi connectivity index (χ3v) is 9.41. The van der Waals surface area contributed by atoms with E-state index in [-0.39, 0.29) is 16.3 Å². The highest BCUT2D eigenvalue weighted by atomic mass is 32.2. The van der Waals surface area contributed by atoms with Gasteiger partial charge in [0.1, 0.15) is 0 Å². The van der Waals surface area contributed by atoms with Crippen LogP contribution in [0.1, 0.15) is 21.5 Å².